The van der Waals surface area contributed by atoms with Crippen LogP contribution in [0.25, 0.3) is 0 Å². The molecule has 2 heterocycles. The fourth-order valence-electron chi connectivity index (χ4n) is 1.12. The van der Waals surface area contributed by atoms with Crippen LogP contribution in [0.1, 0.15) is 15.9 Å². The number of ether oxygens (including phenoxy) is 1. The Morgan fingerprint density at radius 3 is 3.08 bits per heavy atom. The molecule has 4 nitrogen and oxygen atoms in total. The number of hydrogen-bond acceptors (Lipinski definition) is 4. The van der Waals surface area contributed by atoms with E-state index >= 15 is 0 Å². The summed E-state index contributed by atoms with van der Waals surface area (Å²) < 4.78 is 4.41. The average Bonchev–Trinajstić information content (AvgIpc) is 2.04. The molecule has 0 N–H and O–H groups in total. The van der Waals surface area contributed by atoms with Crippen molar-refractivity contribution in [2.75, 3.05) is 0 Å². The highest BCUT2D eigenvalue weighted by Gasteiger charge is 2.23. The molecule has 1 aromatic heterocycles. The lowest BCUT2D eigenvalue weighted by molar-refractivity contribution is -0.137. The summed E-state index contributed by atoms with van der Waals surface area (Å²) in [5.74, 6) is -1.09. The third-order valence-corrected chi connectivity index (χ3v) is 1.66. The minimum absolute atomic E-state index is 0.134. The van der Waals surface area contributed by atoms with Crippen LogP contribution in [0.2, 0.25) is 0 Å². The van der Waals surface area contributed by atoms with Gasteiger partial charge in [0.25, 0.3) is 0 Å². The summed E-state index contributed by atoms with van der Waals surface area (Å²) in [5.41, 5.74) is 1.07. The predicted octanol–water partition coefficient (Wildman–Crippen LogP) is 0.321. The number of nitrogens with zero attached hydrogens (tertiary/aromatic N) is 1. The van der Waals surface area contributed by atoms with Gasteiger partial charge in [0.15, 0.2) is 0 Å². The number of pyridine rings is 1. The van der Waals surface area contributed by atoms with Gasteiger partial charge in [-0.25, -0.2) is 4.79 Å². The van der Waals surface area contributed by atoms with Crippen molar-refractivity contribution >= 4 is 11.9 Å². The first-order valence-electron chi connectivity index (χ1n) is 3.45. The molecule has 0 saturated heterocycles. The minimum Gasteiger partial charge on any atom is -0.389 e. The number of hydrogen-bond donors (Lipinski definition) is 0. The van der Waals surface area contributed by atoms with Crippen LogP contribution < -0.4 is 0 Å². The maximum Gasteiger partial charge on any atom is 0.346 e. The third-order valence-electron chi connectivity index (χ3n) is 1.66. The Hall–Kier alpha value is -1.71. The van der Waals surface area contributed by atoms with E-state index in [-0.39, 0.29) is 6.42 Å². The molecule has 0 unspecified atom stereocenters. The van der Waals surface area contributed by atoms with Crippen molar-refractivity contribution in [2.45, 2.75) is 6.42 Å². The van der Waals surface area contributed by atoms with E-state index in [1.807, 2.05) is 0 Å². The normalized spacial score (nSPS) is 15.3. The molecule has 0 fully saturated rings. The zero-order valence-electron chi connectivity index (χ0n) is 6.11. The molecule has 1 aliphatic heterocycles. The highest BCUT2D eigenvalue weighted by atomic mass is 16.6. The molecule has 1 aromatic rings. The molecule has 60 valence electrons. The lowest BCUT2D eigenvalue weighted by Crippen LogP contribution is -2.22. The second-order valence-electron chi connectivity index (χ2n) is 2.47. The fourth-order valence-corrected chi connectivity index (χ4v) is 1.12. The molecule has 2 rings (SSSR count). The number of cyclic esters (lactones) is 2. The summed E-state index contributed by atoms with van der Waals surface area (Å²) in [7, 11) is 0. The summed E-state index contributed by atoms with van der Waals surface area (Å²) in [6.45, 7) is 0. The Morgan fingerprint density at radius 1 is 1.42 bits per heavy atom. The molecule has 0 amide bonds. The molecule has 4 heteroatoms. The standard InChI is InChI=1S/C8H5NO3/c10-7-3-5-4-9-2-1-6(5)8(11)12-7/h1-2,4H,3H2. The van der Waals surface area contributed by atoms with Crippen molar-refractivity contribution in [3.63, 3.8) is 0 Å². The molecule has 1 aliphatic rings. The van der Waals surface area contributed by atoms with Crippen LogP contribution >= 0.6 is 0 Å². The van der Waals surface area contributed by atoms with Crippen molar-refractivity contribution in [1.29, 1.82) is 0 Å². The van der Waals surface area contributed by atoms with E-state index in [0.717, 1.165) is 0 Å². The van der Waals surface area contributed by atoms with E-state index in [1.54, 1.807) is 6.07 Å². The van der Waals surface area contributed by atoms with Crippen molar-refractivity contribution in [1.82, 2.24) is 4.98 Å². The quantitative estimate of drug-likeness (QED) is 0.408. The molecule has 0 atom stereocenters. The number of carbonyl (C=O) groups excluding carboxylic acids is 2. The van der Waals surface area contributed by atoms with Gasteiger partial charge in [-0.2, -0.15) is 0 Å². The number of carbonyl (C=O) groups is 2. The topological polar surface area (TPSA) is 56.3 Å². The van der Waals surface area contributed by atoms with Gasteiger partial charge in [0, 0.05) is 12.4 Å². The van der Waals surface area contributed by atoms with E-state index in [4.69, 9.17) is 0 Å². The van der Waals surface area contributed by atoms with Gasteiger partial charge in [-0.1, -0.05) is 0 Å². The summed E-state index contributed by atoms with van der Waals surface area (Å²) >= 11 is 0. The zero-order valence-corrected chi connectivity index (χ0v) is 6.11. The number of aromatic nitrogens is 1. The van der Waals surface area contributed by atoms with Crippen molar-refractivity contribution in [3.05, 3.63) is 29.6 Å². The maximum absolute atomic E-state index is 11.0. The van der Waals surface area contributed by atoms with Gasteiger partial charge in [-0.15, -0.1) is 0 Å². The second kappa shape index (κ2) is 2.41. The van der Waals surface area contributed by atoms with Crippen LogP contribution in [0.5, 0.6) is 0 Å². The zero-order chi connectivity index (χ0) is 8.55. The van der Waals surface area contributed by atoms with Gasteiger partial charge in [-0.3, -0.25) is 9.78 Å². The Bertz CT molecular complexity index is 359. The van der Waals surface area contributed by atoms with Gasteiger partial charge < -0.3 is 4.74 Å². The van der Waals surface area contributed by atoms with Gasteiger partial charge in [-0.05, 0) is 11.6 Å². The largest absolute Gasteiger partial charge is 0.389 e. The molecule has 12 heavy (non-hydrogen) atoms. The van der Waals surface area contributed by atoms with E-state index in [1.165, 1.54) is 12.4 Å². The van der Waals surface area contributed by atoms with E-state index in [9.17, 15) is 9.59 Å². The average molecular weight is 163 g/mol. The first-order valence-corrected chi connectivity index (χ1v) is 3.45. The van der Waals surface area contributed by atoms with Crippen LogP contribution in [0.15, 0.2) is 18.5 Å². The van der Waals surface area contributed by atoms with Gasteiger partial charge >= 0.3 is 11.9 Å². The number of fused-ring (bicyclic) bond motifs is 1. The fraction of sp³-hybridized carbons (Fsp3) is 0.125. The summed E-state index contributed by atoms with van der Waals surface area (Å²) in [5, 5.41) is 0. The van der Waals surface area contributed by atoms with E-state index in [2.05, 4.69) is 9.72 Å². The first-order chi connectivity index (χ1) is 5.77. The van der Waals surface area contributed by atoms with E-state index in [0.29, 0.717) is 11.1 Å². The molecular formula is C8H5NO3. The monoisotopic (exact) mass is 163 g/mol. The molecular weight excluding hydrogens is 158 g/mol. The summed E-state index contributed by atoms with van der Waals surface area (Å²) in [6.07, 6.45) is 3.14. The second-order valence-corrected chi connectivity index (χ2v) is 2.47. The van der Waals surface area contributed by atoms with Crippen molar-refractivity contribution < 1.29 is 14.3 Å². The Labute approximate surface area is 68.2 Å². The lowest BCUT2D eigenvalue weighted by Gasteiger charge is -2.11. The lowest BCUT2D eigenvalue weighted by atomic mass is 10.1. The number of rotatable bonds is 0. The summed E-state index contributed by atoms with van der Waals surface area (Å²) in [6, 6.07) is 1.55. The molecule has 0 bridgehead atoms. The van der Waals surface area contributed by atoms with Crippen LogP contribution in [-0.4, -0.2) is 16.9 Å². The van der Waals surface area contributed by atoms with Crippen LogP contribution in [0.3, 0.4) is 0 Å². The van der Waals surface area contributed by atoms with Crippen LogP contribution in [0, 0.1) is 0 Å². The molecule has 0 radical (unpaired) electrons. The van der Waals surface area contributed by atoms with Crippen LogP contribution in [0.4, 0.5) is 0 Å². The molecule has 0 saturated carbocycles. The molecule has 0 aliphatic carbocycles. The SMILES string of the molecule is O=C1Cc2cnccc2C(=O)O1. The van der Waals surface area contributed by atoms with Gasteiger partial charge in [0.05, 0.1) is 12.0 Å². The minimum atomic E-state index is -0.580. The maximum atomic E-state index is 11.0. The smallest absolute Gasteiger partial charge is 0.346 e. The van der Waals surface area contributed by atoms with Crippen molar-refractivity contribution in [3.8, 4) is 0 Å². The highest BCUT2D eigenvalue weighted by Crippen LogP contribution is 2.15. The molecule has 0 spiro atoms. The Morgan fingerprint density at radius 2 is 2.25 bits per heavy atom. The highest BCUT2D eigenvalue weighted by molar-refractivity contribution is 6.02. The molecule has 0 aromatic carbocycles. The van der Waals surface area contributed by atoms with Gasteiger partial charge in [0.1, 0.15) is 0 Å². The summed E-state index contributed by atoms with van der Waals surface area (Å²) in [4.78, 5) is 25.6. The Kier molecular flexibility index (Phi) is 1.40. The third kappa shape index (κ3) is 0.972. The first kappa shape index (κ1) is 6.97. The number of esters is 2. The predicted molar refractivity (Wildman–Crippen MR) is 38.4 cm³/mol. The Balaban J connectivity index is 2.54. The van der Waals surface area contributed by atoms with Crippen molar-refractivity contribution in [2.24, 2.45) is 0 Å². The van der Waals surface area contributed by atoms with Crippen LogP contribution in [-0.2, 0) is 16.0 Å². The van der Waals surface area contributed by atoms with E-state index < -0.39 is 11.9 Å². The van der Waals surface area contributed by atoms with Gasteiger partial charge in [0.2, 0.25) is 0 Å².